The van der Waals surface area contributed by atoms with E-state index in [1.807, 2.05) is 0 Å². The minimum atomic E-state index is 0.109. The monoisotopic (exact) mass is 291 g/mol. The molecule has 0 radical (unpaired) electrons. The summed E-state index contributed by atoms with van der Waals surface area (Å²) in [4.78, 5) is 11.4. The number of nitrogens with one attached hydrogen (secondary N) is 1. The fraction of sp³-hybridized carbons (Fsp3) is 0.929. The normalized spacial score (nSPS) is 10.9. The van der Waals surface area contributed by atoms with Crippen LogP contribution in [-0.4, -0.2) is 50.4 Å². The van der Waals surface area contributed by atoms with Crippen LogP contribution in [0.3, 0.4) is 0 Å². The molecule has 0 aliphatic rings. The van der Waals surface area contributed by atoms with Gasteiger partial charge in [-0.3, -0.25) is 4.79 Å². The third-order valence-electron chi connectivity index (χ3n) is 2.46. The van der Waals surface area contributed by atoms with Crippen LogP contribution in [-0.2, 0) is 14.3 Å². The first-order valence-corrected chi connectivity index (χ1v) is 8.32. The van der Waals surface area contributed by atoms with Crippen LogP contribution in [0, 0.1) is 5.92 Å². The molecule has 0 aromatic carbocycles. The van der Waals surface area contributed by atoms with E-state index in [0.717, 1.165) is 24.5 Å². The van der Waals surface area contributed by atoms with E-state index in [1.54, 1.807) is 11.8 Å². The quantitative estimate of drug-likeness (QED) is 0.529. The smallest absolute Gasteiger partial charge is 0.220 e. The molecule has 0 spiro atoms. The lowest BCUT2D eigenvalue weighted by atomic mass is 10.1. The lowest BCUT2D eigenvalue weighted by molar-refractivity contribution is -0.120. The van der Waals surface area contributed by atoms with E-state index in [0.29, 0.717) is 38.7 Å². The molecular weight excluding hydrogens is 262 g/mol. The summed E-state index contributed by atoms with van der Waals surface area (Å²) in [5.41, 5.74) is 0. The molecule has 1 N–H and O–H groups in total. The maximum atomic E-state index is 11.4. The first kappa shape index (κ1) is 18.7. The Bertz CT molecular complexity index is 213. The maximum absolute atomic E-state index is 11.4. The zero-order valence-corrected chi connectivity index (χ0v) is 13.4. The van der Waals surface area contributed by atoms with Crippen molar-refractivity contribution < 1.29 is 14.3 Å². The van der Waals surface area contributed by atoms with Crippen molar-refractivity contribution in [1.82, 2.24) is 5.32 Å². The summed E-state index contributed by atoms with van der Waals surface area (Å²) in [6.45, 7) is 9.63. The standard InChI is InChI=1S/C14H29NO3S/c1-4-19-12-6-14(16)15-7-9-18-11-10-17-8-5-13(2)3/h13H,4-12H2,1-3H3,(H,15,16). The fourth-order valence-electron chi connectivity index (χ4n) is 1.30. The van der Waals surface area contributed by atoms with E-state index in [2.05, 4.69) is 26.1 Å². The Kier molecular flexibility index (Phi) is 14.0. The van der Waals surface area contributed by atoms with E-state index in [9.17, 15) is 4.79 Å². The first-order chi connectivity index (χ1) is 9.16. The Morgan fingerprint density at radius 1 is 1.16 bits per heavy atom. The lowest BCUT2D eigenvalue weighted by Gasteiger charge is -2.08. The van der Waals surface area contributed by atoms with Crippen molar-refractivity contribution in [2.75, 3.05) is 44.5 Å². The molecular formula is C14H29NO3S. The number of ether oxygens (including phenoxy) is 2. The van der Waals surface area contributed by atoms with Crippen molar-refractivity contribution in [3.63, 3.8) is 0 Å². The Labute approximate surface area is 122 Å². The SMILES string of the molecule is CCSCCC(=O)NCCOCCOCCC(C)C. The second-order valence-corrected chi connectivity index (χ2v) is 6.10. The van der Waals surface area contributed by atoms with E-state index >= 15 is 0 Å². The van der Waals surface area contributed by atoms with E-state index in [1.165, 1.54) is 0 Å². The zero-order chi connectivity index (χ0) is 14.3. The third-order valence-corrected chi connectivity index (χ3v) is 3.36. The fourth-order valence-corrected chi connectivity index (χ4v) is 1.92. The number of amides is 1. The largest absolute Gasteiger partial charge is 0.379 e. The van der Waals surface area contributed by atoms with Gasteiger partial charge < -0.3 is 14.8 Å². The molecule has 4 nitrogen and oxygen atoms in total. The third kappa shape index (κ3) is 15.7. The maximum Gasteiger partial charge on any atom is 0.220 e. The van der Waals surface area contributed by atoms with Gasteiger partial charge in [-0.2, -0.15) is 11.8 Å². The highest BCUT2D eigenvalue weighted by Gasteiger charge is 1.99. The van der Waals surface area contributed by atoms with Crippen molar-refractivity contribution in [2.24, 2.45) is 5.92 Å². The minimum absolute atomic E-state index is 0.109. The highest BCUT2D eigenvalue weighted by atomic mass is 32.2. The van der Waals surface area contributed by atoms with Crippen LogP contribution in [0.4, 0.5) is 0 Å². The van der Waals surface area contributed by atoms with Gasteiger partial charge in [0.25, 0.3) is 0 Å². The van der Waals surface area contributed by atoms with E-state index in [4.69, 9.17) is 9.47 Å². The molecule has 0 saturated heterocycles. The van der Waals surface area contributed by atoms with Crippen LogP contribution in [0.5, 0.6) is 0 Å². The van der Waals surface area contributed by atoms with Crippen molar-refractivity contribution >= 4 is 17.7 Å². The molecule has 0 fully saturated rings. The van der Waals surface area contributed by atoms with Crippen LogP contribution in [0.1, 0.15) is 33.6 Å². The zero-order valence-electron chi connectivity index (χ0n) is 12.6. The lowest BCUT2D eigenvalue weighted by Crippen LogP contribution is -2.27. The van der Waals surface area contributed by atoms with Crippen LogP contribution < -0.4 is 5.32 Å². The summed E-state index contributed by atoms with van der Waals surface area (Å²) < 4.78 is 10.8. The minimum Gasteiger partial charge on any atom is -0.379 e. The molecule has 0 bridgehead atoms. The molecule has 0 aromatic heterocycles. The van der Waals surface area contributed by atoms with Crippen molar-refractivity contribution in [2.45, 2.75) is 33.6 Å². The van der Waals surface area contributed by atoms with Gasteiger partial charge >= 0.3 is 0 Å². The number of carbonyl (C=O) groups excluding carboxylic acids is 1. The van der Waals surface area contributed by atoms with Gasteiger partial charge in [-0.05, 0) is 18.1 Å². The molecule has 5 heteroatoms. The second kappa shape index (κ2) is 14.2. The summed E-state index contributed by atoms with van der Waals surface area (Å²) in [5.74, 6) is 2.75. The van der Waals surface area contributed by atoms with Gasteiger partial charge in [-0.1, -0.05) is 20.8 Å². The number of rotatable bonds is 13. The highest BCUT2D eigenvalue weighted by molar-refractivity contribution is 7.99. The molecule has 0 unspecified atom stereocenters. The van der Waals surface area contributed by atoms with Crippen LogP contribution in [0.2, 0.25) is 0 Å². The van der Waals surface area contributed by atoms with E-state index in [-0.39, 0.29) is 5.91 Å². The number of thioether (sulfide) groups is 1. The molecule has 0 aromatic rings. The van der Waals surface area contributed by atoms with Crippen LogP contribution >= 0.6 is 11.8 Å². The van der Waals surface area contributed by atoms with Gasteiger partial charge in [0.05, 0.1) is 19.8 Å². The molecule has 1 amide bonds. The summed E-state index contributed by atoms with van der Waals surface area (Å²) in [5, 5.41) is 2.84. The molecule has 114 valence electrons. The first-order valence-electron chi connectivity index (χ1n) is 7.16. The van der Waals surface area contributed by atoms with Crippen LogP contribution in [0.15, 0.2) is 0 Å². The van der Waals surface area contributed by atoms with Crippen LogP contribution in [0.25, 0.3) is 0 Å². The summed E-state index contributed by atoms with van der Waals surface area (Å²) in [7, 11) is 0. The van der Waals surface area contributed by atoms with Gasteiger partial charge in [0.15, 0.2) is 0 Å². The topological polar surface area (TPSA) is 47.6 Å². The number of carbonyl (C=O) groups is 1. The van der Waals surface area contributed by atoms with Crippen molar-refractivity contribution in [1.29, 1.82) is 0 Å². The molecule has 0 saturated carbocycles. The average Bonchev–Trinajstić information content (AvgIpc) is 2.36. The van der Waals surface area contributed by atoms with Crippen molar-refractivity contribution in [3.05, 3.63) is 0 Å². The molecule has 0 aliphatic heterocycles. The second-order valence-electron chi connectivity index (χ2n) is 4.70. The Morgan fingerprint density at radius 3 is 2.47 bits per heavy atom. The predicted octanol–water partition coefficient (Wildman–Crippen LogP) is 2.33. The summed E-state index contributed by atoms with van der Waals surface area (Å²) in [6.07, 6.45) is 1.68. The Hall–Kier alpha value is -0.260. The number of hydrogen-bond acceptors (Lipinski definition) is 4. The molecule has 0 atom stereocenters. The van der Waals surface area contributed by atoms with Gasteiger partial charge in [-0.25, -0.2) is 0 Å². The van der Waals surface area contributed by atoms with Gasteiger partial charge in [0.1, 0.15) is 0 Å². The molecule has 0 heterocycles. The van der Waals surface area contributed by atoms with E-state index < -0.39 is 0 Å². The summed E-state index contributed by atoms with van der Waals surface area (Å²) in [6, 6.07) is 0. The predicted molar refractivity (Wildman–Crippen MR) is 81.7 cm³/mol. The summed E-state index contributed by atoms with van der Waals surface area (Å²) >= 11 is 1.78. The molecule has 0 rings (SSSR count). The Morgan fingerprint density at radius 2 is 1.84 bits per heavy atom. The number of hydrogen-bond donors (Lipinski definition) is 1. The molecule has 19 heavy (non-hydrogen) atoms. The Balaban J connectivity index is 3.11. The van der Waals surface area contributed by atoms with Gasteiger partial charge in [0, 0.05) is 25.3 Å². The average molecular weight is 291 g/mol. The molecule has 0 aliphatic carbocycles. The highest BCUT2D eigenvalue weighted by Crippen LogP contribution is 2.00. The van der Waals surface area contributed by atoms with Gasteiger partial charge in [-0.15, -0.1) is 0 Å². The van der Waals surface area contributed by atoms with Gasteiger partial charge in [0.2, 0.25) is 5.91 Å². The van der Waals surface area contributed by atoms with Crippen molar-refractivity contribution in [3.8, 4) is 0 Å².